The Morgan fingerprint density at radius 2 is 0.961 bits per heavy atom. The van der Waals surface area contributed by atoms with Crippen LogP contribution < -0.4 is 5.73 Å². The summed E-state index contributed by atoms with van der Waals surface area (Å²) in [4.78, 5) is 34.8. The summed E-state index contributed by atoms with van der Waals surface area (Å²) in [6, 6.07) is 0. The number of phosphoric ester groups is 1. The number of unbranched alkanes of at least 4 members (excludes halogenated alkanes) is 22. The Labute approximate surface area is 312 Å². The Morgan fingerprint density at radius 3 is 1.41 bits per heavy atom. The fraction of sp³-hybridized carbons (Fsp3) is 0.854. The van der Waals surface area contributed by atoms with E-state index in [1.807, 2.05) is 0 Å². The van der Waals surface area contributed by atoms with E-state index in [2.05, 4.69) is 38.2 Å². The predicted octanol–water partition coefficient (Wildman–Crippen LogP) is 11.6. The maximum atomic E-state index is 12.5. The molecule has 9 nitrogen and oxygen atoms in total. The quantitative estimate of drug-likeness (QED) is 0.0273. The van der Waals surface area contributed by atoms with Crippen LogP contribution in [0.25, 0.3) is 0 Å². The van der Waals surface area contributed by atoms with Crippen molar-refractivity contribution in [2.24, 2.45) is 5.73 Å². The van der Waals surface area contributed by atoms with Crippen LogP contribution in [-0.2, 0) is 32.7 Å². The number of hydrogen-bond acceptors (Lipinski definition) is 8. The van der Waals surface area contributed by atoms with E-state index in [-0.39, 0.29) is 32.6 Å². The first-order valence-corrected chi connectivity index (χ1v) is 22.3. The minimum absolute atomic E-state index is 0.0518. The van der Waals surface area contributed by atoms with Crippen LogP contribution in [0.15, 0.2) is 24.3 Å². The van der Waals surface area contributed by atoms with Gasteiger partial charge in [0.05, 0.1) is 13.2 Å². The van der Waals surface area contributed by atoms with Crippen LogP contribution in [0.2, 0.25) is 0 Å². The van der Waals surface area contributed by atoms with E-state index in [4.69, 9.17) is 24.3 Å². The molecule has 0 spiro atoms. The van der Waals surface area contributed by atoms with Crippen molar-refractivity contribution >= 4 is 19.8 Å². The molecular weight excluding hydrogens is 665 g/mol. The van der Waals surface area contributed by atoms with Gasteiger partial charge in [0.1, 0.15) is 6.61 Å². The molecule has 0 saturated carbocycles. The molecule has 51 heavy (non-hydrogen) atoms. The lowest BCUT2D eigenvalue weighted by Crippen LogP contribution is -2.29. The second-order valence-corrected chi connectivity index (χ2v) is 15.3. The van der Waals surface area contributed by atoms with Crippen LogP contribution in [0, 0.1) is 0 Å². The molecule has 0 aromatic rings. The first-order chi connectivity index (χ1) is 24.8. The van der Waals surface area contributed by atoms with Crippen molar-refractivity contribution in [1.29, 1.82) is 0 Å². The summed E-state index contributed by atoms with van der Waals surface area (Å²) in [6.07, 6.45) is 39.2. The number of carbonyl (C=O) groups excluding carboxylic acids is 2. The summed E-state index contributed by atoms with van der Waals surface area (Å²) < 4.78 is 32.7. The Hall–Kier alpha value is -1.51. The fourth-order valence-corrected chi connectivity index (χ4v) is 6.45. The minimum Gasteiger partial charge on any atom is -0.462 e. The fourth-order valence-electron chi connectivity index (χ4n) is 5.68. The Morgan fingerprint density at radius 1 is 0.569 bits per heavy atom. The predicted molar refractivity (Wildman–Crippen MR) is 211 cm³/mol. The molecule has 0 aromatic heterocycles. The van der Waals surface area contributed by atoms with Crippen LogP contribution in [0.5, 0.6) is 0 Å². The molecule has 0 aromatic carbocycles. The van der Waals surface area contributed by atoms with Crippen molar-refractivity contribution in [3.05, 3.63) is 24.3 Å². The van der Waals surface area contributed by atoms with Crippen molar-refractivity contribution in [2.45, 2.75) is 200 Å². The lowest BCUT2D eigenvalue weighted by molar-refractivity contribution is -0.161. The molecule has 0 bridgehead atoms. The summed E-state index contributed by atoms with van der Waals surface area (Å²) in [7, 11) is -4.37. The SMILES string of the molecule is CCCCCCC=CCCCCCCCC(=O)OC(COC(=O)CCCCCCCC=CCCCCCCCCCC)COP(=O)(O)OCCN. The Balaban J connectivity index is 4.17. The van der Waals surface area contributed by atoms with E-state index < -0.39 is 32.5 Å². The third kappa shape index (κ3) is 38.0. The van der Waals surface area contributed by atoms with E-state index in [1.54, 1.807) is 0 Å². The molecule has 300 valence electrons. The van der Waals surface area contributed by atoms with E-state index in [0.29, 0.717) is 6.42 Å². The number of carbonyl (C=O) groups is 2. The van der Waals surface area contributed by atoms with Gasteiger partial charge in [0.15, 0.2) is 6.10 Å². The van der Waals surface area contributed by atoms with Crippen molar-refractivity contribution in [1.82, 2.24) is 0 Å². The smallest absolute Gasteiger partial charge is 0.462 e. The average Bonchev–Trinajstić information content (AvgIpc) is 3.11. The maximum absolute atomic E-state index is 12.5. The third-order valence-corrected chi connectivity index (χ3v) is 9.79. The first kappa shape index (κ1) is 49.5. The summed E-state index contributed by atoms with van der Waals surface area (Å²) in [5.41, 5.74) is 5.34. The number of ether oxygens (including phenoxy) is 2. The second-order valence-electron chi connectivity index (χ2n) is 13.8. The highest BCUT2D eigenvalue weighted by molar-refractivity contribution is 7.47. The maximum Gasteiger partial charge on any atom is 0.472 e. The van der Waals surface area contributed by atoms with Crippen LogP contribution in [0.4, 0.5) is 0 Å². The molecule has 0 heterocycles. The number of rotatable bonds is 39. The molecule has 10 heteroatoms. The number of hydrogen-bond donors (Lipinski definition) is 2. The van der Waals surface area contributed by atoms with Crippen LogP contribution >= 0.6 is 7.82 Å². The van der Waals surface area contributed by atoms with Crippen molar-refractivity contribution in [2.75, 3.05) is 26.4 Å². The highest BCUT2D eigenvalue weighted by Gasteiger charge is 2.26. The lowest BCUT2D eigenvalue weighted by atomic mass is 10.1. The summed E-state index contributed by atoms with van der Waals surface area (Å²) in [5, 5.41) is 0. The van der Waals surface area contributed by atoms with E-state index in [1.165, 1.54) is 89.9 Å². The molecule has 2 atom stereocenters. The Bertz CT molecular complexity index is 897. The van der Waals surface area contributed by atoms with Crippen LogP contribution in [0.1, 0.15) is 194 Å². The van der Waals surface area contributed by atoms with Gasteiger partial charge in [0.2, 0.25) is 0 Å². The van der Waals surface area contributed by atoms with E-state index >= 15 is 0 Å². The summed E-state index contributed by atoms with van der Waals surface area (Å²) in [6.45, 7) is 3.70. The lowest BCUT2D eigenvalue weighted by Gasteiger charge is -2.19. The van der Waals surface area contributed by atoms with Crippen LogP contribution in [0.3, 0.4) is 0 Å². The number of esters is 2. The zero-order chi connectivity index (χ0) is 37.5. The molecule has 0 radical (unpaired) electrons. The average molecular weight is 744 g/mol. The van der Waals surface area contributed by atoms with E-state index in [0.717, 1.165) is 70.6 Å². The number of allylic oxidation sites excluding steroid dienone is 4. The minimum atomic E-state index is -4.37. The zero-order valence-corrected chi connectivity index (χ0v) is 33.7. The molecule has 3 N–H and O–H groups in total. The molecule has 0 aliphatic rings. The van der Waals surface area contributed by atoms with Gasteiger partial charge in [-0.1, -0.05) is 141 Å². The molecule has 0 saturated heterocycles. The summed E-state index contributed by atoms with van der Waals surface area (Å²) in [5.74, 6) is -0.845. The highest BCUT2D eigenvalue weighted by Crippen LogP contribution is 2.43. The molecule has 2 unspecified atom stereocenters. The molecular formula is C41H78NO8P. The van der Waals surface area contributed by atoms with Gasteiger partial charge in [-0.05, 0) is 64.2 Å². The van der Waals surface area contributed by atoms with E-state index in [9.17, 15) is 19.0 Å². The van der Waals surface area contributed by atoms with Gasteiger partial charge in [-0.3, -0.25) is 18.6 Å². The molecule has 0 aliphatic carbocycles. The standard InChI is InChI=1S/C41H78NO8P/c1-3-5-7-9-11-13-15-17-18-19-20-22-23-25-27-29-31-33-40(43)47-37-39(38-49-51(45,46)48-36-35-42)50-41(44)34-32-30-28-26-24-21-16-14-12-10-8-6-4-2/h14,16,19-20,39H,3-13,15,17-18,21-38,42H2,1-2H3,(H,45,46). The monoisotopic (exact) mass is 744 g/mol. The van der Waals surface area contributed by atoms with Crippen molar-refractivity contribution in [3.63, 3.8) is 0 Å². The second kappa shape index (κ2) is 38.2. The third-order valence-electron chi connectivity index (χ3n) is 8.81. The highest BCUT2D eigenvalue weighted by atomic mass is 31.2. The van der Waals surface area contributed by atoms with Crippen LogP contribution in [-0.4, -0.2) is 49.3 Å². The molecule has 0 amide bonds. The van der Waals surface area contributed by atoms with Crippen molar-refractivity contribution in [3.8, 4) is 0 Å². The topological polar surface area (TPSA) is 134 Å². The molecule has 0 aliphatic heterocycles. The van der Waals surface area contributed by atoms with Gasteiger partial charge in [-0.2, -0.15) is 0 Å². The normalized spacial score (nSPS) is 13.6. The van der Waals surface area contributed by atoms with Gasteiger partial charge in [0, 0.05) is 19.4 Å². The Kier molecular flexibility index (Phi) is 37.1. The number of nitrogens with two attached hydrogens (primary N) is 1. The zero-order valence-electron chi connectivity index (χ0n) is 32.8. The molecule has 0 rings (SSSR count). The van der Waals surface area contributed by atoms with Gasteiger partial charge in [-0.15, -0.1) is 0 Å². The first-order valence-electron chi connectivity index (χ1n) is 20.8. The van der Waals surface area contributed by atoms with Gasteiger partial charge >= 0.3 is 19.8 Å². The largest absolute Gasteiger partial charge is 0.472 e. The number of phosphoric acid groups is 1. The van der Waals surface area contributed by atoms with Crippen molar-refractivity contribution < 1.29 is 37.6 Å². The van der Waals surface area contributed by atoms with Gasteiger partial charge in [-0.25, -0.2) is 4.57 Å². The summed E-state index contributed by atoms with van der Waals surface area (Å²) >= 11 is 0. The molecule has 0 fully saturated rings. The van der Waals surface area contributed by atoms with Gasteiger partial charge in [0.25, 0.3) is 0 Å². The van der Waals surface area contributed by atoms with Gasteiger partial charge < -0.3 is 20.1 Å².